The van der Waals surface area contributed by atoms with E-state index >= 15 is 0 Å². The van der Waals surface area contributed by atoms with E-state index in [-0.39, 0.29) is 18.2 Å². The van der Waals surface area contributed by atoms with Gasteiger partial charge in [-0.05, 0) is 24.5 Å². The van der Waals surface area contributed by atoms with Gasteiger partial charge in [-0.1, -0.05) is 19.9 Å². The minimum atomic E-state index is -3.99. The third-order valence-electron chi connectivity index (χ3n) is 3.24. The number of hydrogen-bond donors (Lipinski definition) is 1. The number of hydrogen-bond acceptors (Lipinski definition) is 5. The van der Waals surface area contributed by atoms with Crippen LogP contribution in [0.4, 0.5) is 0 Å². The number of nitrogens with two attached hydrogens (primary N) is 1. The Balaban J connectivity index is 2.79. The highest BCUT2D eigenvalue weighted by Gasteiger charge is 2.48. The van der Waals surface area contributed by atoms with Crippen molar-refractivity contribution in [2.75, 3.05) is 0 Å². The maximum Gasteiger partial charge on any atom is 0.226 e. The first kappa shape index (κ1) is 15.5. The van der Waals surface area contributed by atoms with Crippen LogP contribution in [0.3, 0.4) is 0 Å². The maximum absolute atomic E-state index is 12.5. The lowest BCUT2D eigenvalue weighted by atomic mass is 9.89. The number of sulfonamides is 1. The summed E-state index contributed by atoms with van der Waals surface area (Å²) in [6.45, 7) is 3.86. The molecule has 2 aromatic heterocycles. The summed E-state index contributed by atoms with van der Waals surface area (Å²) in [6, 6.07) is 5.00. The van der Waals surface area contributed by atoms with Gasteiger partial charge in [0.05, 0.1) is 0 Å². The van der Waals surface area contributed by atoms with E-state index in [1.165, 1.54) is 18.6 Å². The Kier molecular flexibility index (Phi) is 4.34. The molecule has 0 saturated carbocycles. The zero-order chi connectivity index (χ0) is 15.5. The second-order valence-corrected chi connectivity index (χ2v) is 7.07. The molecule has 0 aromatic carbocycles. The van der Waals surface area contributed by atoms with Gasteiger partial charge in [0.2, 0.25) is 10.0 Å². The Morgan fingerprint density at radius 1 is 1.19 bits per heavy atom. The SMILES string of the molecule is CC(C)CC(c1cccnc1)(c1ncccn1)S(N)(=O)=O. The van der Waals surface area contributed by atoms with E-state index in [4.69, 9.17) is 5.14 Å². The first-order valence-electron chi connectivity index (χ1n) is 6.58. The van der Waals surface area contributed by atoms with Crippen LogP contribution in [0.15, 0.2) is 43.0 Å². The quantitative estimate of drug-likeness (QED) is 0.901. The molecule has 2 N–H and O–H groups in total. The molecule has 2 rings (SSSR count). The summed E-state index contributed by atoms with van der Waals surface area (Å²) in [5.41, 5.74) is 0.479. The molecule has 21 heavy (non-hydrogen) atoms. The molecule has 0 radical (unpaired) electrons. The van der Waals surface area contributed by atoms with E-state index < -0.39 is 14.8 Å². The minimum absolute atomic E-state index is 0.0762. The van der Waals surface area contributed by atoms with Gasteiger partial charge in [-0.3, -0.25) is 4.98 Å². The topological polar surface area (TPSA) is 98.8 Å². The molecular formula is C14H18N4O2S. The summed E-state index contributed by atoms with van der Waals surface area (Å²) in [7, 11) is -3.99. The van der Waals surface area contributed by atoms with Crippen LogP contribution in [0.25, 0.3) is 0 Å². The Bertz CT molecular complexity index is 648. The standard InChI is InChI=1S/C14H18N4O2S/c1-11(2)9-14(21(15,19)20,12-5-3-6-16-10-12)13-17-7-4-8-18-13/h3-8,10-11H,9H2,1-2H3,(H2,15,19,20). The van der Waals surface area contributed by atoms with Crippen molar-refractivity contribution in [3.05, 3.63) is 54.4 Å². The van der Waals surface area contributed by atoms with Crippen molar-refractivity contribution in [2.45, 2.75) is 25.0 Å². The summed E-state index contributed by atoms with van der Waals surface area (Å²) in [6.07, 6.45) is 6.39. The molecule has 7 heteroatoms. The fourth-order valence-electron chi connectivity index (χ4n) is 2.43. The molecule has 0 fully saturated rings. The van der Waals surface area contributed by atoms with E-state index in [9.17, 15) is 8.42 Å². The van der Waals surface area contributed by atoms with Crippen LogP contribution in [-0.4, -0.2) is 23.4 Å². The molecule has 0 amide bonds. The van der Waals surface area contributed by atoms with Gasteiger partial charge in [0.25, 0.3) is 0 Å². The summed E-state index contributed by atoms with van der Waals surface area (Å²) < 4.78 is 23.4. The first-order chi connectivity index (χ1) is 9.88. The molecule has 112 valence electrons. The molecule has 0 spiro atoms. The van der Waals surface area contributed by atoms with Crippen molar-refractivity contribution in [3.63, 3.8) is 0 Å². The van der Waals surface area contributed by atoms with Crippen LogP contribution in [-0.2, 0) is 14.8 Å². The van der Waals surface area contributed by atoms with Gasteiger partial charge in [0.15, 0.2) is 10.6 Å². The van der Waals surface area contributed by atoms with Crippen molar-refractivity contribution < 1.29 is 8.42 Å². The van der Waals surface area contributed by atoms with E-state index in [1.807, 2.05) is 13.8 Å². The lowest BCUT2D eigenvalue weighted by Crippen LogP contribution is -2.44. The predicted octanol–water partition coefficient (Wildman–Crippen LogP) is 1.45. The first-order valence-corrected chi connectivity index (χ1v) is 8.13. The van der Waals surface area contributed by atoms with Gasteiger partial charge in [0, 0.05) is 30.4 Å². The van der Waals surface area contributed by atoms with Crippen molar-refractivity contribution in [3.8, 4) is 0 Å². The van der Waals surface area contributed by atoms with Gasteiger partial charge < -0.3 is 0 Å². The highest BCUT2D eigenvalue weighted by atomic mass is 32.2. The third kappa shape index (κ3) is 2.93. The fourth-order valence-corrected chi connectivity index (χ4v) is 3.80. The lowest BCUT2D eigenvalue weighted by Gasteiger charge is -2.31. The Labute approximate surface area is 124 Å². The molecule has 0 aliphatic heterocycles. The second kappa shape index (κ2) is 5.87. The average molecular weight is 306 g/mol. The normalized spacial score (nSPS) is 14.9. The van der Waals surface area contributed by atoms with Crippen LogP contribution >= 0.6 is 0 Å². The summed E-state index contributed by atoms with van der Waals surface area (Å²) in [5, 5.41) is 5.59. The summed E-state index contributed by atoms with van der Waals surface area (Å²) >= 11 is 0. The van der Waals surface area contributed by atoms with Crippen LogP contribution in [0.5, 0.6) is 0 Å². The Morgan fingerprint density at radius 2 is 1.86 bits per heavy atom. The third-order valence-corrected chi connectivity index (χ3v) is 4.79. The van der Waals surface area contributed by atoms with Crippen LogP contribution in [0.1, 0.15) is 31.7 Å². The highest BCUT2D eigenvalue weighted by molar-refractivity contribution is 7.90. The van der Waals surface area contributed by atoms with Gasteiger partial charge in [-0.15, -0.1) is 0 Å². The van der Waals surface area contributed by atoms with E-state index in [2.05, 4.69) is 15.0 Å². The van der Waals surface area contributed by atoms with Crippen LogP contribution in [0, 0.1) is 5.92 Å². The molecule has 0 saturated heterocycles. The fraction of sp³-hybridized carbons (Fsp3) is 0.357. The van der Waals surface area contributed by atoms with Crippen LogP contribution < -0.4 is 5.14 Å². The zero-order valence-electron chi connectivity index (χ0n) is 12.0. The maximum atomic E-state index is 12.5. The molecule has 2 heterocycles. The number of aromatic nitrogens is 3. The molecule has 1 atom stereocenters. The van der Waals surface area contributed by atoms with Crippen molar-refractivity contribution >= 4 is 10.0 Å². The van der Waals surface area contributed by atoms with Gasteiger partial charge >= 0.3 is 0 Å². The van der Waals surface area contributed by atoms with E-state index in [0.717, 1.165) is 0 Å². The number of primary sulfonamides is 1. The number of nitrogens with zero attached hydrogens (tertiary/aromatic N) is 3. The monoisotopic (exact) mass is 306 g/mol. The molecular weight excluding hydrogens is 288 g/mol. The van der Waals surface area contributed by atoms with Gasteiger partial charge in [-0.2, -0.15) is 0 Å². The smallest absolute Gasteiger partial charge is 0.226 e. The largest absolute Gasteiger partial charge is 0.264 e. The molecule has 0 aliphatic carbocycles. The van der Waals surface area contributed by atoms with E-state index in [1.54, 1.807) is 24.4 Å². The molecule has 2 aromatic rings. The minimum Gasteiger partial charge on any atom is -0.264 e. The predicted molar refractivity (Wildman–Crippen MR) is 79.6 cm³/mol. The number of pyridine rings is 1. The lowest BCUT2D eigenvalue weighted by molar-refractivity contribution is 0.456. The summed E-state index contributed by atoms with van der Waals surface area (Å²) in [5.74, 6) is 0.251. The molecule has 1 unspecified atom stereocenters. The molecule has 0 bridgehead atoms. The average Bonchev–Trinajstić information content (AvgIpc) is 2.45. The number of rotatable bonds is 5. The van der Waals surface area contributed by atoms with Crippen molar-refractivity contribution in [1.29, 1.82) is 0 Å². The van der Waals surface area contributed by atoms with Gasteiger partial charge in [-0.25, -0.2) is 23.5 Å². The molecule has 0 aliphatic rings. The zero-order valence-corrected chi connectivity index (χ0v) is 12.8. The van der Waals surface area contributed by atoms with Crippen LogP contribution in [0.2, 0.25) is 0 Å². The molecule has 6 nitrogen and oxygen atoms in total. The Hall–Kier alpha value is -1.86. The highest BCUT2D eigenvalue weighted by Crippen LogP contribution is 2.39. The Morgan fingerprint density at radius 3 is 2.33 bits per heavy atom. The summed E-state index contributed by atoms with van der Waals surface area (Å²) in [4.78, 5) is 12.3. The second-order valence-electron chi connectivity index (χ2n) is 5.28. The van der Waals surface area contributed by atoms with E-state index in [0.29, 0.717) is 5.56 Å². The van der Waals surface area contributed by atoms with Gasteiger partial charge in [0.1, 0.15) is 0 Å². The van der Waals surface area contributed by atoms with Crippen molar-refractivity contribution in [1.82, 2.24) is 15.0 Å². The van der Waals surface area contributed by atoms with Crippen molar-refractivity contribution in [2.24, 2.45) is 11.1 Å².